The zero-order chi connectivity index (χ0) is 16.9. The van der Waals surface area contributed by atoms with Crippen LogP contribution in [0.3, 0.4) is 0 Å². The second-order valence-corrected chi connectivity index (χ2v) is 6.14. The summed E-state index contributed by atoms with van der Waals surface area (Å²) in [5.41, 5.74) is 2.04. The number of nitrogens with one attached hydrogen (secondary N) is 3. The van der Waals surface area contributed by atoms with Crippen molar-refractivity contribution >= 4 is 29.3 Å². The van der Waals surface area contributed by atoms with Crippen molar-refractivity contribution in [1.29, 1.82) is 0 Å². The number of aliphatic imine (C=N–C) groups is 1. The van der Waals surface area contributed by atoms with E-state index in [-0.39, 0.29) is 12.5 Å². The van der Waals surface area contributed by atoms with Crippen molar-refractivity contribution in [2.75, 3.05) is 37.5 Å². The zero-order valence-corrected chi connectivity index (χ0v) is 15.1. The van der Waals surface area contributed by atoms with Crippen LogP contribution in [0, 0.1) is 0 Å². The number of carbonyl (C=O) groups is 1. The first-order valence-corrected chi connectivity index (χ1v) is 9.41. The minimum Gasteiger partial charge on any atom is -0.356 e. The third-order valence-electron chi connectivity index (χ3n) is 3.33. The lowest BCUT2D eigenvalue weighted by atomic mass is 10.1. The first kappa shape index (κ1) is 19.4. The number of thioether (sulfide) groups is 1. The number of amides is 1. The van der Waals surface area contributed by atoms with Crippen LogP contribution in [0.4, 0.5) is 5.69 Å². The van der Waals surface area contributed by atoms with E-state index in [0.717, 1.165) is 25.1 Å². The number of aryl methyl sites for hydroxylation is 1. The van der Waals surface area contributed by atoms with Crippen molar-refractivity contribution in [2.24, 2.45) is 4.99 Å². The SMILES string of the molecule is CCc1cccc(NC(=O)CNC(=NC)NCCCCSC)c1. The van der Waals surface area contributed by atoms with Gasteiger partial charge in [0.2, 0.25) is 5.91 Å². The molecular weight excluding hydrogens is 308 g/mol. The number of unbranched alkanes of at least 4 members (excludes halogenated alkanes) is 1. The number of benzene rings is 1. The molecule has 0 bridgehead atoms. The van der Waals surface area contributed by atoms with Gasteiger partial charge in [0.1, 0.15) is 0 Å². The van der Waals surface area contributed by atoms with Crippen molar-refractivity contribution in [3.8, 4) is 0 Å². The maximum atomic E-state index is 12.0. The molecule has 0 unspecified atom stereocenters. The van der Waals surface area contributed by atoms with Crippen molar-refractivity contribution in [3.05, 3.63) is 29.8 Å². The van der Waals surface area contributed by atoms with Crippen LogP contribution in [-0.2, 0) is 11.2 Å². The molecule has 3 N–H and O–H groups in total. The fourth-order valence-electron chi connectivity index (χ4n) is 2.04. The van der Waals surface area contributed by atoms with Crippen LogP contribution in [0.5, 0.6) is 0 Å². The van der Waals surface area contributed by atoms with E-state index in [1.165, 1.54) is 17.7 Å². The number of hydrogen-bond acceptors (Lipinski definition) is 3. The van der Waals surface area contributed by atoms with Crippen LogP contribution in [-0.4, -0.2) is 44.0 Å². The number of nitrogens with zero attached hydrogens (tertiary/aromatic N) is 1. The average Bonchev–Trinajstić information content (AvgIpc) is 2.57. The third kappa shape index (κ3) is 8.50. The lowest BCUT2D eigenvalue weighted by molar-refractivity contribution is -0.115. The van der Waals surface area contributed by atoms with E-state index in [1.807, 2.05) is 30.0 Å². The molecule has 0 saturated carbocycles. The minimum absolute atomic E-state index is 0.0800. The highest BCUT2D eigenvalue weighted by Crippen LogP contribution is 2.10. The highest BCUT2D eigenvalue weighted by Gasteiger charge is 2.04. The summed E-state index contributed by atoms with van der Waals surface area (Å²) in [6, 6.07) is 7.90. The smallest absolute Gasteiger partial charge is 0.243 e. The summed E-state index contributed by atoms with van der Waals surface area (Å²) in [6.45, 7) is 3.15. The van der Waals surface area contributed by atoms with Crippen molar-refractivity contribution in [2.45, 2.75) is 26.2 Å². The molecule has 1 amide bonds. The second-order valence-electron chi connectivity index (χ2n) is 5.15. The Hall–Kier alpha value is -1.69. The Morgan fingerprint density at radius 2 is 2.09 bits per heavy atom. The summed E-state index contributed by atoms with van der Waals surface area (Å²) < 4.78 is 0. The van der Waals surface area contributed by atoms with Crippen LogP contribution in [0.1, 0.15) is 25.3 Å². The Bertz CT molecular complexity index is 505. The van der Waals surface area contributed by atoms with Crippen molar-refractivity contribution in [3.63, 3.8) is 0 Å². The minimum atomic E-state index is -0.0800. The highest BCUT2D eigenvalue weighted by atomic mass is 32.2. The molecule has 128 valence electrons. The van der Waals surface area contributed by atoms with Crippen LogP contribution in [0.15, 0.2) is 29.3 Å². The molecule has 0 spiro atoms. The lowest BCUT2D eigenvalue weighted by Crippen LogP contribution is -2.41. The molecule has 23 heavy (non-hydrogen) atoms. The zero-order valence-electron chi connectivity index (χ0n) is 14.3. The quantitative estimate of drug-likeness (QED) is 0.368. The van der Waals surface area contributed by atoms with E-state index in [2.05, 4.69) is 40.2 Å². The molecular formula is C17H28N4OS. The molecule has 5 nitrogen and oxygen atoms in total. The number of hydrogen-bond donors (Lipinski definition) is 3. The summed E-state index contributed by atoms with van der Waals surface area (Å²) in [6.07, 6.45) is 5.34. The molecule has 0 saturated heterocycles. The van der Waals surface area contributed by atoms with Gasteiger partial charge in [-0.05, 0) is 49.0 Å². The Morgan fingerprint density at radius 3 is 2.78 bits per heavy atom. The highest BCUT2D eigenvalue weighted by molar-refractivity contribution is 7.98. The normalized spacial score (nSPS) is 11.2. The summed E-state index contributed by atoms with van der Waals surface area (Å²) in [7, 11) is 1.71. The van der Waals surface area contributed by atoms with Crippen molar-refractivity contribution in [1.82, 2.24) is 10.6 Å². The van der Waals surface area contributed by atoms with E-state index in [0.29, 0.717) is 5.96 Å². The molecule has 0 aliphatic heterocycles. The molecule has 0 fully saturated rings. The maximum absolute atomic E-state index is 12.0. The Balaban J connectivity index is 2.30. The predicted molar refractivity (Wildman–Crippen MR) is 101 cm³/mol. The van der Waals surface area contributed by atoms with Gasteiger partial charge in [0, 0.05) is 19.3 Å². The first-order chi connectivity index (χ1) is 11.2. The maximum Gasteiger partial charge on any atom is 0.243 e. The third-order valence-corrected chi connectivity index (χ3v) is 4.02. The lowest BCUT2D eigenvalue weighted by Gasteiger charge is -2.12. The monoisotopic (exact) mass is 336 g/mol. The van der Waals surface area contributed by atoms with Gasteiger partial charge in [-0.1, -0.05) is 19.1 Å². The summed E-state index contributed by atoms with van der Waals surface area (Å²) >= 11 is 1.86. The fourth-order valence-corrected chi connectivity index (χ4v) is 2.53. The fraction of sp³-hybridized carbons (Fsp3) is 0.529. The van der Waals surface area contributed by atoms with Crippen LogP contribution >= 0.6 is 11.8 Å². The summed E-state index contributed by atoms with van der Waals surface area (Å²) in [5, 5.41) is 9.14. The van der Waals surface area contributed by atoms with Gasteiger partial charge in [-0.3, -0.25) is 9.79 Å². The van der Waals surface area contributed by atoms with Crippen molar-refractivity contribution < 1.29 is 4.79 Å². The Kier molecular flexibility index (Phi) is 9.95. The van der Waals surface area contributed by atoms with Gasteiger partial charge < -0.3 is 16.0 Å². The van der Waals surface area contributed by atoms with Gasteiger partial charge in [0.15, 0.2) is 5.96 Å². The Labute approximate surface area is 143 Å². The average molecular weight is 337 g/mol. The number of anilines is 1. The van der Waals surface area contributed by atoms with Gasteiger partial charge in [-0.2, -0.15) is 11.8 Å². The standard InChI is InChI=1S/C17H28N4OS/c1-4-14-8-7-9-15(12-14)21-16(22)13-20-17(18-2)19-10-5-6-11-23-3/h7-9,12H,4-6,10-11,13H2,1-3H3,(H,21,22)(H2,18,19,20). The number of guanidine groups is 1. The van der Waals surface area contributed by atoms with Gasteiger partial charge in [0.05, 0.1) is 6.54 Å². The largest absolute Gasteiger partial charge is 0.356 e. The molecule has 0 aliphatic rings. The second kappa shape index (κ2) is 11.8. The van der Waals surface area contributed by atoms with Gasteiger partial charge >= 0.3 is 0 Å². The van der Waals surface area contributed by atoms with E-state index in [4.69, 9.17) is 0 Å². The summed E-state index contributed by atoms with van der Waals surface area (Å²) in [5.74, 6) is 1.75. The predicted octanol–water partition coefficient (Wildman–Crippen LogP) is 2.50. The molecule has 0 radical (unpaired) electrons. The topological polar surface area (TPSA) is 65.5 Å². The Morgan fingerprint density at radius 1 is 1.26 bits per heavy atom. The van der Waals surface area contributed by atoms with Crippen LogP contribution in [0.25, 0.3) is 0 Å². The number of carbonyl (C=O) groups excluding carboxylic acids is 1. The van der Waals surface area contributed by atoms with E-state index < -0.39 is 0 Å². The summed E-state index contributed by atoms with van der Waals surface area (Å²) in [4.78, 5) is 16.1. The molecule has 0 aromatic heterocycles. The van der Waals surface area contributed by atoms with E-state index in [1.54, 1.807) is 7.05 Å². The van der Waals surface area contributed by atoms with Gasteiger partial charge in [-0.25, -0.2) is 0 Å². The molecule has 0 atom stereocenters. The molecule has 6 heteroatoms. The molecule has 0 aliphatic carbocycles. The first-order valence-electron chi connectivity index (χ1n) is 8.01. The number of rotatable bonds is 9. The molecule has 1 aromatic rings. The van der Waals surface area contributed by atoms with Crippen LogP contribution < -0.4 is 16.0 Å². The van der Waals surface area contributed by atoms with Gasteiger partial charge in [-0.15, -0.1) is 0 Å². The molecule has 1 rings (SSSR count). The van der Waals surface area contributed by atoms with E-state index >= 15 is 0 Å². The van der Waals surface area contributed by atoms with Gasteiger partial charge in [0.25, 0.3) is 0 Å². The van der Waals surface area contributed by atoms with Crippen LogP contribution in [0.2, 0.25) is 0 Å². The van der Waals surface area contributed by atoms with E-state index in [9.17, 15) is 4.79 Å². The molecule has 0 heterocycles. The molecule has 1 aromatic carbocycles.